The van der Waals surface area contributed by atoms with E-state index in [-0.39, 0.29) is 5.91 Å². The van der Waals surface area contributed by atoms with Crippen LogP contribution in [0.3, 0.4) is 0 Å². The molecule has 0 aliphatic heterocycles. The summed E-state index contributed by atoms with van der Waals surface area (Å²) >= 11 is 3.33. The fourth-order valence-electron chi connectivity index (χ4n) is 2.44. The summed E-state index contributed by atoms with van der Waals surface area (Å²) in [4.78, 5) is 17.9. The highest BCUT2D eigenvalue weighted by Gasteiger charge is 2.09. The monoisotopic (exact) mass is 382 g/mol. The molecule has 1 aromatic heterocycles. The molecule has 0 bridgehead atoms. The van der Waals surface area contributed by atoms with E-state index in [4.69, 9.17) is 0 Å². The predicted octanol–water partition coefficient (Wildman–Crippen LogP) is 4.88. The summed E-state index contributed by atoms with van der Waals surface area (Å²) in [5, 5.41) is 5.90. The topological polar surface area (TPSA) is 42.0 Å². The maximum Gasteiger partial charge on any atom is 0.226 e. The van der Waals surface area contributed by atoms with Gasteiger partial charge in [-0.1, -0.05) is 47.5 Å². The second-order valence-electron chi connectivity index (χ2n) is 6.20. The average molecular weight is 383 g/mol. The molecule has 1 heterocycles. The van der Waals surface area contributed by atoms with Gasteiger partial charge in [-0.05, 0) is 26.0 Å². The van der Waals surface area contributed by atoms with Crippen LogP contribution in [-0.2, 0) is 11.2 Å². The Morgan fingerprint density at radius 1 is 1.04 bits per heavy atom. The Balaban J connectivity index is 1.43. The fourth-order valence-corrected chi connectivity index (χ4v) is 4.03. The third kappa shape index (κ3) is 5.44. The minimum Gasteiger partial charge on any atom is -0.355 e. The molecule has 3 rings (SSSR count). The lowest BCUT2D eigenvalue weighted by Crippen LogP contribution is -2.27. The number of carbonyl (C=O) groups excluding carboxylic acids is 1. The number of thiazole rings is 1. The van der Waals surface area contributed by atoms with Gasteiger partial charge in [0.25, 0.3) is 0 Å². The smallest absolute Gasteiger partial charge is 0.226 e. The molecule has 0 atom stereocenters. The maximum absolute atomic E-state index is 12.1. The third-order valence-corrected chi connectivity index (χ3v) is 5.86. The summed E-state index contributed by atoms with van der Waals surface area (Å²) in [6, 6.07) is 16.7. The highest BCUT2D eigenvalue weighted by Crippen LogP contribution is 2.24. The van der Waals surface area contributed by atoms with Gasteiger partial charge in [0.1, 0.15) is 5.01 Å². The number of aryl methyl sites for hydroxylation is 2. The van der Waals surface area contributed by atoms with Crippen LogP contribution in [0.5, 0.6) is 0 Å². The van der Waals surface area contributed by atoms with Crippen molar-refractivity contribution in [1.82, 2.24) is 10.3 Å². The maximum atomic E-state index is 12.1. The van der Waals surface area contributed by atoms with Crippen LogP contribution in [-0.4, -0.2) is 23.2 Å². The van der Waals surface area contributed by atoms with Crippen LogP contribution in [0.25, 0.3) is 10.6 Å². The zero-order valence-corrected chi connectivity index (χ0v) is 16.6. The van der Waals surface area contributed by atoms with E-state index in [1.807, 2.05) is 5.38 Å². The third-order valence-electron chi connectivity index (χ3n) is 3.91. The number of aromatic nitrogens is 1. The molecule has 2 aromatic carbocycles. The lowest BCUT2D eigenvalue weighted by Gasteiger charge is -2.04. The number of rotatable bonds is 7. The van der Waals surface area contributed by atoms with Gasteiger partial charge >= 0.3 is 0 Å². The molecular formula is C21H22N2OS2. The summed E-state index contributed by atoms with van der Waals surface area (Å²) in [7, 11) is 0. The lowest BCUT2D eigenvalue weighted by molar-refractivity contribution is -0.120. The number of carbonyl (C=O) groups is 1. The Labute approximate surface area is 162 Å². The molecule has 0 fully saturated rings. The quantitative estimate of drug-likeness (QED) is 0.468. The Morgan fingerprint density at radius 2 is 1.69 bits per heavy atom. The van der Waals surface area contributed by atoms with E-state index in [9.17, 15) is 4.79 Å². The molecule has 0 aliphatic carbocycles. The van der Waals surface area contributed by atoms with Gasteiger partial charge in [0.15, 0.2) is 0 Å². The van der Waals surface area contributed by atoms with Crippen LogP contribution in [0, 0.1) is 13.8 Å². The van der Waals surface area contributed by atoms with Crippen LogP contribution in [0.1, 0.15) is 16.8 Å². The number of benzene rings is 2. The second-order valence-corrected chi connectivity index (χ2v) is 8.22. The summed E-state index contributed by atoms with van der Waals surface area (Å²) in [6.45, 7) is 4.81. The molecular weight excluding hydrogens is 360 g/mol. The SMILES string of the molecule is Cc1ccc(SCCNC(=O)Cc2csc(-c3ccc(C)cc3)n2)cc1. The second kappa shape index (κ2) is 9.01. The van der Waals surface area contributed by atoms with Crippen LogP contribution < -0.4 is 5.32 Å². The molecule has 1 N–H and O–H groups in total. The van der Waals surface area contributed by atoms with E-state index < -0.39 is 0 Å². The Morgan fingerprint density at radius 3 is 2.38 bits per heavy atom. The standard InChI is InChI=1S/C21H22N2OS2/c1-15-3-7-17(8-4-15)21-23-18(14-26-21)13-20(24)22-11-12-25-19-9-5-16(2)6-10-19/h3-10,14H,11-13H2,1-2H3,(H,22,24). The number of hydrogen-bond donors (Lipinski definition) is 1. The van der Waals surface area contributed by atoms with Crippen molar-refractivity contribution in [1.29, 1.82) is 0 Å². The van der Waals surface area contributed by atoms with Crippen molar-refractivity contribution >= 4 is 29.0 Å². The molecule has 0 saturated carbocycles. The molecule has 0 unspecified atom stereocenters. The Kier molecular flexibility index (Phi) is 6.47. The van der Waals surface area contributed by atoms with E-state index in [0.717, 1.165) is 22.0 Å². The van der Waals surface area contributed by atoms with Crippen molar-refractivity contribution in [3.05, 3.63) is 70.7 Å². The average Bonchev–Trinajstić information content (AvgIpc) is 3.09. The molecule has 5 heteroatoms. The first-order valence-electron chi connectivity index (χ1n) is 8.58. The van der Waals surface area contributed by atoms with E-state index in [0.29, 0.717) is 13.0 Å². The van der Waals surface area contributed by atoms with Crippen LogP contribution in [0.15, 0.2) is 58.8 Å². The normalized spacial score (nSPS) is 10.7. The first-order valence-corrected chi connectivity index (χ1v) is 10.4. The molecule has 0 aliphatic rings. The number of nitrogens with one attached hydrogen (secondary N) is 1. The van der Waals surface area contributed by atoms with Crippen LogP contribution >= 0.6 is 23.1 Å². The summed E-state index contributed by atoms with van der Waals surface area (Å²) in [5.74, 6) is 0.885. The highest BCUT2D eigenvalue weighted by molar-refractivity contribution is 7.99. The minimum atomic E-state index is 0.0234. The van der Waals surface area contributed by atoms with Crippen molar-refractivity contribution in [2.24, 2.45) is 0 Å². The highest BCUT2D eigenvalue weighted by atomic mass is 32.2. The number of thioether (sulfide) groups is 1. The van der Waals surface area contributed by atoms with Gasteiger partial charge in [0.05, 0.1) is 12.1 Å². The van der Waals surface area contributed by atoms with E-state index >= 15 is 0 Å². The number of hydrogen-bond acceptors (Lipinski definition) is 4. The molecule has 0 radical (unpaired) electrons. The summed E-state index contributed by atoms with van der Waals surface area (Å²) in [6.07, 6.45) is 0.331. The first kappa shape index (κ1) is 18.7. The van der Waals surface area contributed by atoms with Gasteiger partial charge in [-0.25, -0.2) is 4.98 Å². The minimum absolute atomic E-state index is 0.0234. The van der Waals surface area contributed by atoms with Gasteiger partial charge in [-0.2, -0.15) is 0 Å². The van der Waals surface area contributed by atoms with Gasteiger partial charge in [-0.15, -0.1) is 23.1 Å². The summed E-state index contributed by atoms with van der Waals surface area (Å²) < 4.78 is 0. The molecule has 134 valence electrons. The van der Waals surface area contributed by atoms with Gasteiger partial charge in [-0.3, -0.25) is 4.79 Å². The fraction of sp³-hybridized carbons (Fsp3) is 0.238. The lowest BCUT2D eigenvalue weighted by atomic mass is 10.2. The van der Waals surface area contributed by atoms with Gasteiger partial charge in [0.2, 0.25) is 5.91 Å². The van der Waals surface area contributed by atoms with Crippen molar-refractivity contribution in [3.63, 3.8) is 0 Å². The van der Waals surface area contributed by atoms with Gasteiger partial charge < -0.3 is 5.32 Å². The van der Waals surface area contributed by atoms with Crippen molar-refractivity contribution < 1.29 is 4.79 Å². The zero-order valence-electron chi connectivity index (χ0n) is 15.0. The molecule has 3 aromatic rings. The van der Waals surface area contributed by atoms with Crippen LogP contribution in [0.4, 0.5) is 0 Å². The molecule has 3 nitrogen and oxygen atoms in total. The summed E-state index contributed by atoms with van der Waals surface area (Å²) in [5.41, 5.74) is 4.42. The van der Waals surface area contributed by atoms with E-state index in [1.54, 1.807) is 23.1 Å². The molecule has 26 heavy (non-hydrogen) atoms. The zero-order chi connectivity index (χ0) is 18.4. The van der Waals surface area contributed by atoms with E-state index in [2.05, 4.69) is 72.7 Å². The largest absolute Gasteiger partial charge is 0.355 e. The van der Waals surface area contributed by atoms with Crippen molar-refractivity contribution in [2.45, 2.75) is 25.2 Å². The van der Waals surface area contributed by atoms with Crippen LogP contribution in [0.2, 0.25) is 0 Å². The van der Waals surface area contributed by atoms with Crippen molar-refractivity contribution in [2.75, 3.05) is 12.3 Å². The first-order chi connectivity index (χ1) is 12.6. The predicted molar refractivity (Wildman–Crippen MR) is 111 cm³/mol. The van der Waals surface area contributed by atoms with Crippen molar-refractivity contribution in [3.8, 4) is 10.6 Å². The molecule has 0 spiro atoms. The Hall–Kier alpha value is -2.11. The number of nitrogens with zero attached hydrogens (tertiary/aromatic N) is 1. The van der Waals surface area contributed by atoms with E-state index in [1.165, 1.54) is 16.0 Å². The number of amides is 1. The molecule has 0 saturated heterocycles. The molecule has 1 amide bonds. The van der Waals surface area contributed by atoms with Gasteiger partial charge in [0, 0.05) is 28.1 Å². The Bertz CT molecular complexity index is 854.